The Balaban J connectivity index is 1.90. The summed E-state index contributed by atoms with van der Waals surface area (Å²) in [5.41, 5.74) is 5.70. The summed E-state index contributed by atoms with van der Waals surface area (Å²) in [7, 11) is 0. The highest BCUT2D eigenvalue weighted by Crippen LogP contribution is 2.33. The van der Waals surface area contributed by atoms with E-state index >= 15 is 0 Å². The molecule has 0 aliphatic heterocycles. The van der Waals surface area contributed by atoms with E-state index in [0.29, 0.717) is 0 Å². The highest BCUT2D eigenvalue weighted by molar-refractivity contribution is 9.10. The van der Waals surface area contributed by atoms with E-state index in [9.17, 15) is 14.4 Å². The number of halogens is 1. The third-order valence-electron chi connectivity index (χ3n) is 3.70. The van der Waals surface area contributed by atoms with Crippen molar-refractivity contribution in [2.75, 3.05) is 5.73 Å². The lowest BCUT2D eigenvalue weighted by atomic mass is 10.1. The van der Waals surface area contributed by atoms with E-state index in [0.717, 1.165) is 22.9 Å². The molecule has 5 N–H and O–H groups in total. The normalized spacial score (nSPS) is 16.3. The first-order valence-electron chi connectivity index (χ1n) is 6.67. The number of hydrogen-bond donors (Lipinski definition) is 4. The van der Waals surface area contributed by atoms with Crippen LogP contribution in [-0.2, 0) is 6.42 Å². The Kier molecular flexibility index (Phi) is 3.61. The molecule has 1 aromatic heterocycles. The maximum atomic E-state index is 12.3. The molecule has 8 heteroatoms. The number of anilines is 1. The summed E-state index contributed by atoms with van der Waals surface area (Å²) in [6, 6.07) is 5.74. The fourth-order valence-electron chi connectivity index (χ4n) is 2.63. The predicted octanol–water partition coefficient (Wildman–Crippen LogP) is 0.825. The number of benzene rings is 1. The van der Waals surface area contributed by atoms with Gasteiger partial charge in [0.1, 0.15) is 11.4 Å². The van der Waals surface area contributed by atoms with Gasteiger partial charge in [-0.2, -0.15) is 0 Å². The molecule has 1 atom stereocenters. The molecule has 3 rings (SSSR count). The second-order valence-electron chi connectivity index (χ2n) is 5.10. The zero-order valence-electron chi connectivity index (χ0n) is 11.4. The third kappa shape index (κ3) is 2.57. The Bertz CT molecular complexity index is 871. The van der Waals surface area contributed by atoms with E-state index in [-0.39, 0.29) is 17.4 Å². The van der Waals surface area contributed by atoms with Gasteiger partial charge >= 0.3 is 5.69 Å². The number of aromatic amines is 2. The average molecular weight is 365 g/mol. The van der Waals surface area contributed by atoms with Crippen LogP contribution in [-0.4, -0.2) is 15.9 Å². The minimum atomic E-state index is -0.775. The lowest BCUT2D eigenvalue weighted by Gasteiger charge is -2.14. The number of nitrogen functional groups attached to an aromatic ring is 1. The van der Waals surface area contributed by atoms with Gasteiger partial charge in [-0.25, -0.2) is 4.79 Å². The molecule has 22 heavy (non-hydrogen) atoms. The molecule has 0 saturated carbocycles. The number of carbonyl (C=O) groups excluding carboxylic acids is 1. The summed E-state index contributed by atoms with van der Waals surface area (Å²) in [6.45, 7) is 0. The summed E-state index contributed by atoms with van der Waals surface area (Å²) in [5, 5.41) is 2.81. The van der Waals surface area contributed by atoms with Crippen LogP contribution in [0, 0.1) is 0 Å². The van der Waals surface area contributed by atoms with Crippen LogP contribution in [0.25, 0.3) is 0 Å². The molecule has 1 aliphatic rings. The zero-order chi connectivity index (χ0) is 15.9. The molecule has 2 aromatic rings. The molecule has 7 nitrogen and oxygen atoms in total. The number of amides is 1. The van der Waals surface area contributed by atoms with Crippen molar-refractivity contribution < 1.29 is 4.79 Å². The van der Waals surface area contributed by atoms with E-state index in [2.05, 4.69) is 26.2 Å². The molecule has 0 fully saturated rings. The van der Waals surface area contributed by atoms with Gasteiger partial charge in [0.15, 0.2) is 0 Å². The third-order valence-corrected chi connectivity index (χ3v) is 4.19. The summed E-state index contributed by atoms with van der Waals surface area (Å²) in [4.78, 5) is 39.3. The Labute approximate surface area is 133 Å². The number of H-pyrrole nitrogens is 2. The predicted molar refractivity (Wildman–Crippen MR) is 84.8 cm³/mol. The van der Waals surface area contributed by atoms with Crippen LogP contribution in [0.2, 0.25) is 0 Å². The number of nitrogens with one attached hydrogen (secondary N) is 3. The van der Waals surface area contributed by atoms with Gasteiger partial charge in [-0.05, 0) is 36.1 Å². The van der Waals surface area contributed by atoms with Crippen molar-refractivity contribution in [2.45, 2.75) is 18.9 Å². The van der Waals surface area contributed by atoms with Crippen LogP contribution >= 0.6 is 15.9 Å². The molecule has 1 aromatic carbocycles. The minimum Gasteiger partial charge on any atom is -0.392 e. The van der Waals surface area contributed by atoms with Gasteiger partial charge in [0.2, 0.25) is 0 Å². The Morgan fingerprint density at radius 3 is 2.86 bits per heavy atom. The zero-order valence-corrected chi connectivity index (χ0v) is 13.0. The highest BCUT2D eigenvalue weighted by atomic mass is 79.9. The number of aryl methyl sites for hydroxylation is 1. The molecule has 0 radical (unpaired) electrons. The lowest BCUT2D eigenvalue weighted by molar-refractivity contribution is 0.0932. The smallest absolute Gasteiger partial charge is 0.326 e. The van der Waals surface area contributed by atoms with E-state index < -0.39 is 17.2 Å². The molecule has 1 heterocycles. The van der Waals surface area contributed by atoms with Crippen LogP contribution in [0.15, 0.2) is 32.3 Å². The van der Waals surface area contributed by atoms with Gasteiger partial charge in [-0.3, -0.25) is 14.6 Å². The van der Waals surface area contributed by atoms with Crippen LogP contribution in [0.1, 0.15) is 34.1 Å². The molecule has 1 aliphatic carbocycles. The molecule has 114 valence electrons. The minimum absolute atomic E-state index is 0.179. The molecule has 0 bridgehead atoms. The quantitative estimate of drug-likeness (QED) is 0.630. The van der Waals surface area contributed by atoms with Gasteiger partial charge in [0.05, 0.1) is 6.04 Å². The number of aromatic nitrogens is 2. The van der Waals surface area contributed by atoms with Crippen LogP contribution in [0.4, 0.5) is 5.69 Å². The maximum Gasteiger partial charge on any atom is 0.326 e. The van der Waals surface area contributed by atoms with Crippen molar-refractivity contribution in [3.8, 4) is 0 Å². The number of nitrogens with two attached hydrogens (primary N) is 1. The number of hydrogen-bond acceptors (Lipinski definition) is 4. The lowest BCUT2D eigenvalue weighted by Crippen LogP contribution is -2.34. The largest absolute Gasteiger partial charge is 0.392 e. The Hall–Kier alpha value is -2.35. The topological polar surface area (TPSA) is 121 Å². The monoisotopic (exact) mass is 364 g/mol. The van der Waals surface area contributed by atoms with E-state index in [4.69, 9.17) is 5.73 Å². The van der Waals surface area contributed by atoms with E-state index in [1.807, 2.05) is 23.2 Å². The summed E-state index contributed by atoms with van der Waals surface area (Å²) >= 11 is 3.41. The van der Waals surface area contributed by atoms with E-state index in [1.165, 1.54) is 5.56 Å². The summed E-state index contributed by atoms with van der Waals surface area (Å²) < 4.78 is 0.927. The number of rotatable bonds is 2. The molecular formula is C14H13BrN4O3. The second kappa shape index (κ2) is 5.45. The molecule has 0 saturated heterocycles. The van der Waals surface area contributed by atoms with Gasteiger partial charge in [-0.1, -0.05) is 22.0 Å². The van der Waals surface area contributed by atoms with Gasteiger partial charge in [-0.15, -0.1) is 0 Å². The van der Waals surface area contributed by atoms with Crippen molar-refractivity contribution in [2.24, 2.45) is 0 Å². The van der Waals surface area contributed by atoms with Crippen molar-refractivity contribution in [3.63, 3.8) is 0 Å². The standard InChI is InChI=1S/C14H13BrN4O3/c15-7-3-1-6-2-4-9(8(6)5-7)17-13(21)11-10(16)12(20)19-14(22)18-11/h1,3,5,9H,2,4,16H2,(H,17,21)(H2,18,19,20,22). The second-order valence-corrected chi connectivity index (χ2v) is 6.02. The summed E-state index contributed by atoms with van der Waals surface area (Å²) in [5.74, 6) is -0.571. The van der Waals surface area contributed by atoms with Crippen molar-refractivity contribution in [1.82, 2.24) is 15.3 Å². The molecule has 0 spiro atoms. The molecule has 1 unspecified atom stereocenters. The Morgan fingerprint density at radius 2 is 2.09 bits per heavy atom. The molecular weight excluding hydrogens is 352 g/mol. The van der Waals surface area contributed by atoms with E-state index in [1.54, 1.807) is 0 Å². The summed E-state index contributed by atoms with van der Waals surface area (Å²) in [6.07, 6.45) is 1.61. The van der Waals surface area contributed by atoms with Crippen LogP contribution < -0.4 is 22.3 Å². The van der Waals surface area contributed by atoms with Crippen molar-refractivity contribution >= 4 is 27.5 Å². The average Bonchev–Trinajstić information content (AvgIpc) is 2.85. The van der Waals surface area contributed by atoms with Gasteiger partial charge in [0.25, 0.3) is 11.5 Å². The first kappa shape index (κ1) is 14.6. The Morgan fingerprint density at radius 1 is 1.32 bits per heavy atom. The highest BCUT2D eigenvalue weighted by Gasteiger charge is 2.25. The van der Waals surface area contributed by atoms with Crippen molar-refractivity contribution in [1.29, 1.82) is 0 Å². The van der Waals surface area contributed by atoms with Crippen LogP contribution in [0.3, 0.4) is 0 Å². The first-order chi connectivity index (χ1) is 10.5. The number of carbonyl (C=O) groups is 1. The first-order valence-corrected chi connectivity index (χ1v) is 7.46. The maximum absolute atomic E-state index is 12.3. The SMILES string of the molecule is Nc1c(C(=O)NC2CCc3ccc(Br)cc32)[nH]c(=O)[nH]c1=O. The van der Waals surface area contributed by atoms with Gasteiger partial charge < -0.3 is 16.0 Å². The fourth-order valence-corrected chi connectivity index (χ4v) is 3.01. The van der Waals surface area contributed by atoms with Crippen molar-refractivity contribution in [3.05, 3.63) is 60.3 Å². The number of fused-ring (bicyclic) bond motifs is 1. The molecule has 1 amide bonds. The van der Waals surface area contributed by atoms with Gasteiger partial charge in [0, 0.05) is 4.47 Å². The van der Waals surface area contributed by atoms with Crippen LogP contribution in [0.5, 0.6) is 0 Å². The fraction of sp³-hybridized carbons (Fsp3) is 0.214.